The summed E-state index contributed by atoms with van der Waals surface area (Å²) in [5, 5.41) is 15.7. The third kappa shape index (κ3) is 1.21. The van der Waals surface area contributed by atoms with E-state index in [1.807, 2.05) is 6.92 Å². The Labute approximate surface area is 92.8 Å². The van der Waals surface area contributed by atoms with E-state index in [1.54, 1.807) is 0 Å². The van der Waals surface area contributed by atoms with Crippen molar-refractivity contribution in [2.75, 3.05) is 13.2 Å². The first-order chi connectivity index (χ1) is 7.74. The summed E-state index contributed by atoms with van der Waals surface area (Å²) in [6.45, 7) is 3.52. The van der Waals surface area contributed by atoms with E-state index < -0.39 is 5.97 Å². The van der Waals surface area contributed by atoms with Gasteiger partial charge in [0.1, 0.15) is 0 Å². The Bertz CT molecular complexity index is 440. The summed E-state index contributed by atoms with van der Waals surface area (Å²) in [6, 6.07) is 0. The Kier molecular flexibility index (Phi) is 2.04. The Morgan fingerprint density at radius 3 is 3.19 bits per heavy atom. The van der Waals surface area contributed by atoms with Gasteiger partial charge in [0, 0.05) is 23.8 Å². The molecule has 1 unspecified atom stereocenters. The van der Waals surface area contributed by atoms with Crippen molar-refractivity contribution < 1.29 is 14.6 Å². The third-order valence-corrected chi connectivity index (χ3v) is 3.72. The molecule has 1 heterocycles. The normalized spacial score (nSPS) is 29.9. The zero-order chi connectivity index (χ0) is 11.3. The molecule has 0 spiro atoms. The molecule has 1 fully saturated rings. The highest BCUT2D eigenvalue weighted by atomic mass is 16.5. The SMILES string of the molecule is CCOCC1[C@H]2c3[nH]nc(C(=O)O)c3C[C@@H]12. The second-order valence-electron chi connectivity index (χ2n) is 4.49. The molecule has 0 bridgehead atoms. The van der Waals surface area contributed by atoms with Gasteiger partial charge in [-0.15, -0.1) is 0 Å². The van der Waals surface area contributed by atoms with Gasteiger partial charge in [-0.05, 0) is 25.2 Å². The van der Waals surface area contributed by atoms with Gasteiger partial charge in [0.15, 0.2) is 5.69 Å². The number of hydrogen-bond donors (Lipinski definition) is 2. The van der Waals surface area contributed by atoms with Crippen LogP contribution in [0.1, 0.15) is 34.6 Å². The van der Waals surface area contributed by atoms with Gasteiger partial charge in [0.05, 0.1) is 6.61 Å². The summed E-state index contributed by atoms with van der Waals surface area (Å²) >= 11 is 0. The van der Waals surface area contributed by atoms with Crippen molar-refractivity contribution in [3.63, 3.8) is 0 Å². The van der Waals surface area contributed by atoms with Gasteiger partial charge < -0.3 is 9.84 Å². The fraction of sp³-hybridized carbons (Fsp3) is 0.636. The van der Waals surface area contributed by atoms with Crippen molar-refractivity contribution in [3.8, 4) is 0 Å². The van der Waals surface area contributed by atoms with Crippen LogP contribution in [0, 0.1) is 11.8 Å². The van der Waals surface area contributed by atoms with Gasteiger partial charge >= 0.3 is 5.97 Å². The van der Waals surface area contributed by atoms with Crippen LogP contribution < -0.4 is 0 Å². The standard InChI is InChI=1S/C11H14N2O3/c1-2-16-4-7-5-3-6-9(8(5)7)12-13-10(6)11(14)15/h5,7-8H,2-4H2,1H3,(H,12,13)(H,14,15)/t5-,7?,8-/m0/s1. The number of carboxylic acid groups (broad SMARTS) is 1. The molecule has 5 nitrogen and oxygen atoms in total. The number of aromatic nitrogens is 2. The van der Waals surface area contributed by atoms with Crippen LogP contribution in [0.15, 0.2) is 0 Å². The highest BCUT2D eigenvalue weighted by Gasteiger charge is 2.57. The topological polar surface area (TPSA) is 75.2 Å². The van der Waals surface area contributed by atoms with Crippen molar-refractivity contribution >= 4 is 5.97 Å². The van der Waals surface area contributed by atoms with Gasteiger partial charge in [-0.3, -0.25) is 5.10 Å². The number of H-pyrrole nitrogens is 1. The van der Waals surface area contributed by atoms with Crippen LogP contribution in [0.3, 0.4) is 0 Å². The largest absolute Gasteiger partial charge is 0.476 e. The van der Waals surface area contributed by atoms with Crippen molar-refractivity contribution in [2.45, 2.75) is 19.3 Å². The number of nitrogens with one attached hydrogen (secondary N) is 1. The molecule has 16 heavy (non-hydrogen) atoms. The van der Waals surface area contributed by atoms with E-state index in [0.29, 0.717) is 17.8 Å². The first-order valence-electron chi connectivity index (χ1n) is 5.62. The Morgan fingerprint density at radius 1 is 1.69 bits per heavy atom. The van der Waals surface area contributed by atoms with Crippen molar-refractivity contribution in [3.05, 3.63) is 17.0 Å². The van der Waals surface area contributed by atoms with Gasteiger partial charge in [-0.25, -0.2) is 4.79 Å². The maximum atomic E-state index is 10.9. The number of fused-ring (bicyclic) bond motifs is 3. The molecular weight excluding hydrogens is 208 g/mol. The molecule has 3 rings (SSSR count). The molecule has 1 aromatic rings. The second-order valence-corrected chi connectivity index (χ2v) is 4.49. The molecule has 0 radical (unpaired) electrons. The van der Waals surface area contributed by atoms with Crippen molar-refractivity contribution in [2.24, 2.45) is 11.8 Å². The number of carbonyl (C=O) groups is 1. The Hall–Kier alpha value is -1.36. The van der Waals surface area contributed by atoms with Crippen molar-refractivity contribution in [1.29, 1.82) is 0 Å². The second kappa shape index (κ2) is 3.31. The maximum Gasteiger partial charge on any atom is 0.356 e. The number of nitrogens with zero attached hydrogens (tertiary/aromatic N) is 1. The highest BCUT2D eigenvalue weighted by molar-refractivity contribution is 5.87. The van der Waals surface area contributed by atoms with E-state index >= 15 is 0 Å². The lowest BCUT2D eigenvalue weighted by Gasteiger charge is -2.03. The van der Waals surface area contributed by atoms with Crippen LogP contribution in [-0.2, 0) is 11.2 Å². The zero-order valence-electron chi connectivity index (χ0n) is 9.06. The molecule has 2 aliphatic rings. The number of aromatic amines is 1. The quantitative estimate of drug-likeness (QED) is 0.797. The summed E-state index contributed by atoms with van der Waals surface area (Å²) < 4.78 is 5.41. The molecule has 86 valence electrons. The molecule has 0 aromatic carbocycles. The first kappa shape index (κ1) is 9.84. The van der Waals surface area contributed by atoms with Gasteiger partial charge in [0.25, 0.3) is 0 Å². The summed E-state index contributed by atoms with van der Waals surface area (Å²) in [5.74, 6) is 0.672. The molecule has 0 amide bonds. The minimum atomic E-state index is -0.930. The first-order valence-corrected chi connectivity index (χ1v) is 5.62. The molecule has 2 N–H and O–H groups in total. The summed E-state index contributed by atoms with van der Waals surface area (Å²) in [7, 11) is 0. The van der Waals surface area contributed by atoms with E-state index in [9.17, 15) is 4.79 Å². The predicted molar refractivity (Wildman–Crippen MR) is 55.5 cm³/mol. The molecule has 0 saturated heterocycles. The van der Waals surface area contributed by atoms with Crippen LogP contribution in [0.5, 0.6) is 0 Å². The van der Waals surface area contributed by atoms with E-state index in [2.05, 4.69) is 10.2 Å². The van der Waals surface area contributed by atoms with Crippen LogP contribution in [0.2, 0.25) is 0 Å². The lowest BCUT2D eigenvalue weighted by Crippen LogP contribution is -2.05. The minimum absolute atomic E-state index is 0.206. The molecule has 1 saturated carbocycles. The van der Waals surface area contributed by atoms with E-state index in [0.717, 1.165) is 30.9 Å². The van der Waals surface area contributed by atoms with Crippen molar-refractivity contribution in [1.82, 2.24) is 10.2 Å². The molecule has 2 aliphatic carbocycles. The summed E-state index contributed by atoms with van der Waals surface area (Å²) in [4.78, 5) is 10.9. The fourth-order valence-corrected chi connectivity index (χ4v) is 2.91. The van der Waals surface area contributed by atoms with E-state index in [1.165, 1.54) is 0 Å². The molecular formula is C11H14N2O3. The molecule has 5 heteroatoms. The average molecular weight is 222 g/mol. The van der Waals surface area contributed by atoms with Crippen LogP contribution in [-0.4, -0.2) is 34.5 Å². The lowest BCUT2D eigenvalue weighted by atomic mass is 10.1. The molecule has 3 atom stereocenters. The number of aromatic carboxylic acids is 1. The number of carboxylic acids is 1. The average Bonchev–Trinajstić information content (AvgIpc) is 2.60. The van der Waals surface area contributed by atoms with Gasteiger partial charge in [-0.2, -0.15) is 5.10 Å². The summed E-state index contributed by atoms with van der Waals surface area (Å²) in [5.41, 5.74) is 2.15. The highest BCUT2D eigenvalue weighted by Crippen LogP contribution is 2.61. The number of hydrogen-bond acceptors (Lipinski definition) is 3. The predicted octanol–water partition coefficient (Wildman–Crippen LogP) is 1.03. The molecule has 1 aromatic heterocycles. The van der Waals surface area contributed by atoms with Gasteiger partial charge in [-0.1, -0.05) is 0 Å². The maximum absolute atomic E-state index is 10.9. The number of ether oxygens (including phenoxy) is 1. The smallest absolute Gasteiger partial charge is 0.356 e. The monoisotopic (exact) mass is 222 g/mol. The minimum Gasteiger partial charge on any atom is -0.476 e. The lowest BCUT2D eigenvalue weighted by molar-refractivity contribution is 0.0689. The number of rotatable bonds is 4. The third-order valence-electron chi connectivity index (χ3n) is 3.72. The zero-order valence-corrected chi connectivity index (χ0v) is 9.06. The Balaban J connectivity index is 1.78. The van der Waals surface area contributed by atoms with Crippen LogP contribution in [0.25, 0.3) is 0 Å². The Morgan fingerprint density at radius 2 is 2.50 bits per heavy atom. The molecule has 0 aliphatic heterocycles. The van der Waals surface area contributed by atoms with E-state index in [4.69, 9.17) is 9.84 Å². The van der Waals surface area contributed by atoms with Gasteiger partial charge in [0.2, 0.25) is 0 Å². The van der Waals surface area contributed by atoms with E-state index in [-0.39, 0.29) is 5.69 Å². The summed E-state index contributed by atoms with van der Waals surface area (Å²) in [6.07, 6.45) is 0.843. The van der Waals surface area contributed by atoms with Crippen LogP contribution >= 0.6 is 0 Å². The van der Waals surface area contributed by atoms with Crippen LogP contribution in [0.4, 0.5) is 0 Å². The fourth-order valence-electron chi connectivity index (χ4n) is 2.91.